The Hall–Kier alpha value is -1.88. The van der Waals surface area contributed by atoms with E-state index >= 15 is 0 Å². The van der Waals surface area contributed by atoms with E-state index in [1.54, 1.807) is 12.1 Å². The number of carbonyl (C=O) groups excluding carboxylic acids is 1. The summed E-state index contributed by atoms with van der Waals surface area (Å²) >= 11 is 0. The molecule has 0 spiro atoms. The van der Waals surface area contributed by atoms with E-state index in [-0.39, 0.29) is 16.4 Å². The quantitative estimate of drug-likeness (QED) is 0.809. The smallest absolute Gasteiger partial charge is 0.175 e. The summed E-state index contributed by atoms with van der Waals surface area (Å²) in [5, 5.41) is 0. The number of halogens is 2. The van der Waals surface area contributed by atoms with Crippen molar-refractivity contribution in [1.82, 2.24) is 0 Å². The molecule has 0 aliphatic rings. The molecule has 0 N–H and O–H groups in total. The van der Waals surface area contributed by atoms with Crippen LogP contribution in [0.1, 0.15) is 21.5 Å². The average Bonchev–Trinajstić information content (AvgIpc) is 2.41. The second kappa shape index (κ2) is 6.26. The van der Waals surface area contributed by atoms with Gasteiger partial charge in [-0.05, 0) is 43.2 Å². The molecule has 0 aromatic heterocycles. The lowest BCUT2D eigenvalue weighted by Gasteiger charge is -2.06. The average molecular weight is 308 g/mol. The van der Waals surface area contributed by atoms with Crippen LogP contribution in [0.5, 0.6) is 0 Å². The Labute approximate surface area is 124 Å². The van der Waals surface area contributed by atoms with Crippen LogP contribution in [0.3, 0.4) is 0 Å². The molecule has 0 bridgehead atoms. The van der Waals surface area contributed by atoms with Gasteiger partial charge in [0.2, 0.25) is 0 Å². The molecule has 21 heavy (non-hydrogen) atoms. The molecule has 1 atom stereocenters. The van der Waals surface area contributed by atoms with Gasteiger partial charge in [-0.1, -0.05) is 12.1 Å². The maximum absolute atomic E-state index is 13.5. The van der Waals surface area contributed by atoms with Crippen LogP contribution in [0.2, 0.25) is 0 Å². The van der Waals surface area contributed by atoms with Gasteiger partial charge in [-0.2, -0.15) is 0 Å². The van der Waals surface area contributed by atoms with Crippen LogP contribution in [-0.2, 0) is 10.8 Å². The molecular weight excluding hydrogens is 294 g/mol. The van der Waals surface area contributed by atoms with Gasteiger partial charge in [-0.3, -0.25) is 9.00 Å². The Kier molecular flexibility index (Phi) is 4.63. The van der Waals surface area contributed by atoms with Crippen LogP contribution >= 0.6 is 0 Å². The van der Waals surface area contributed by atoms with E-state index in [4.69, 9.17) is 0 Å². The summed E-state index contributed by atoms with van der Waals surface area (Å²) in [6.07, 6.45) is 0. The Balaban J connectivity index is 2.18. The Bertz CT molecular complexity index is 726. The highest BCUT2D eigenvalue weighted by atomic mass is 32.2. The zero-order valence-electron chi connectivity index (χ0n) is 11.7. The number of Topliss-reactive ketones (excluding diaryl/α,β-unsaturated/α-hetero) is 1. The minimum Gasteiger partial charge on any atom is -0.293 e. The van der Waals surface area contributed by atoms with Gasteiger partial charge in [-0.25, -0.2) is 8.78 Å². The van der Waals surface area contributed by atoms with Crippen molar-refractivity contribution >= 4 is 16.6 Å². The van der Waals surface area contributed by atoms with Crippen LogP contribution in [0.15, 0.2) is 41.3 Å². The van der Waals surface area contributed by atoms with E-state index in [2.05, 4.69) is 0 Å². The standard InChI is InChI=1S/C16H14F2O2S/c1-10-3-4-12(7-11(10)2)15(19)9-21(20)16-6-5-13(17)8-14(16)18/h3-8H,9H2,1-2H3. The predicted molar refractivity (Wildman–Crippen MR) is 77.9 cm³/mol. The van der Waals surface area contributed by atoms with Gasteiger partial charge < -0.3 is 0 Å². The molecule has 0 fully saturated rings. The molecule has 0 saturated heterocycles. The summed E-state index contributed by atoms with van der Waals surface area (Å²) in [4.78, 5) is 11.9. The molecule has 0 aliphatic carbocycles. The van der Waals surface area contributed by atoms with Gasteiger partial charge in [0.1, 0.15) is 11.6 Å². The van der Waals surface area contributed by atoms with Crippen LogP contribution < -0.4 is 0 Å². The van der Waals surface area contributed by atoms with Gasteiger partial charge >= 0.3 is 0 Å². The number of rotatable bonds is 4. The molecule has 0 aliphatic heterocycles. The zero-order valence-corrected chi connectivity index (χ0v) is 12.5. The van der Waals surface area contributed by atoms with Crippen molar-refractivity contribution in [2.24, 2.45) is 0 Å². The summed E-state index contributed by atoms with van der Waals surface area (Å²) < 4.78 is 38.4. The molecule has 0 radical (unpaired) electrons. The Morgan fingerprint density at radius 1 is 1.05 bits per heavy atom. The summed E-state index contributed by atoms with van der Waals surface area (Å²) in [7, 11) is -1.84. The molecule has 5 heteroatoms. The summed E-state index contributed by atoms with van der Waals surface area (Å²) in [6.45, 7) is 3.80. The fraction of sp³-hybridized carbons (Fsp3) is 0.188. The zero-order chi connectivity index (χ0) is 15.6. The third kappa shape index (κ3) is 3.61. The molecule has 0 saturated carbocycles. The van der Waals surface area contributed by atoms with Crippen LogP contribution in [0.25, 0.3) is 0 Å². The Morgan fingerprint density at radius 2 is 1.76 bits per heavy atom. The number of hydrogen-bond donors (Lipinski definition) is 0. The summed E-state index contributed by atoms with van der Waals surface area (Å²) in [5.41, 5.74) is 2.45. The molecule has 0 amide bonds. The number of aryl methyl sites for hydroxylation is 2. The van der Waals surface area contributed by atoms with Crippen molar-refractivity contribution in [1.29, 1.82) is 0 Å². The Morgan fingerprint density at radius 3 is 2.38 bits per heavy atom. The monoisotopic (exact) mass is 308 g/mol. The van der Waals surface area contributed by atoms with E-state index in [0.717, 1.165) is 23.3 Å². The first-order valence-corrected chi connectivity index (χ1v) is 7.64. The van der Waals surface area contributed by atoms with Crippen molar-refractivity contribution in [3.05, 3.63) is 64.7 Å². The second-order valence-corrected chi connectivity index (χ2v) is 6.21. The maximum atomic E-state index is 13.5. The van der Waals surface area contributed by atoms with E-state index in [0.29, 0.717) is 11.6 Å². The third-order valence-corrected chi connectivity index (χ3v) is 4.58. The lowest BCUT2D eigenvalue weighted by atomic mass is 10.0. The minimum absolute atomic E-state index is 0.159. The normalized spacial score (nSPS) is 12.2. The van der Waals surface area contributed by atoms with Gasteiger partial charge in [0.15, 0.2) is 5.78 Å². The molecule has 2 rings (SSSR count). The maximum Gasteiger partial charge on any atom is 0.175 e. The van der Waals surface area contributed by atoms with Gasteiger partial charge in [0.25, 0.3) is 0 Å². The summed E-state index contributed by atoms with van der Waals surface area (Å²) in [5.74, 6) is -2.31. The van der Waals surface area contributed by atoms with E-state index in [9.17, 15) is 17.8 Å². The molecule has 0 heterocycles. The molecular formula is C16H14F2O2S. The van der Waals surface area contributed by atoms with Gasteiger partial charge in [0, 0.05) is 11.6 Å². The fourth-order valence-corrected chi connectivity index (χ4v) is 2.91. The van der Waals surface area contributed by atoms with Gasteiger partial charge in [0.05, 0.1) is 21.4 Å². The first-order chi connectivity index (χ1) is 9.88. The first kappa shape index (κ1) is 15.5. The van der Waals surface area contributed by atoms with Crippen molar-refractivity contribution < 1.29 is 17.8 Å². The molecule has 110 valence electrons. The van der Waals surface area contributed by atoms with Crippen LogP contribution in [0, 0.1) is 25.5 Å². The highest BCUT2D eigenvalue weighted by Crippen LogP contribution is 2.16. The fourth-order valence-electron chi connectivity index (χ4n) is 1.85. The lowest BCUT2D eigenvalue weighted by molar-refractivity contribution is 0.102. The molecule has 1 unspecified atom stereocenters. The van der Waals surface area contributed by atoms with E-state index in [1.165, 1.54) is 0 Å². The highest BCUT2D eigenvalue weighted by molar-refractivity contribution is 7.85. The number of carbonyl (C=O) groups is 1. The minimum atomic E-state index is -1.84. The van der Waals surface area contributed by atoms with Crippen molar-refractivity contribution in [2.45, 2.75) is 18.7 Å². The lowest BCUT2D eigenvalue weighted by Crippen LogP contribution is -2.12. The highest BCUT2D eigenvalue weighted by Gasteiger charge is 2.16. The molecule has 2 aromatic carbocycles. The number of hydrogen-bond acceptors (Lipinski definition) is 2. The largest absolute Gasteiger partial charge is 0.293 e. The van der Waals surface area contributed by atoms with Gasteiger partial charge in [-0.15, -0.1) is 0 Å². The number of benzene rings is 2. The third-order valence-electron chi connectivity index (χ3n) is 3.23. The molecule has 2 aromatic rings. The molecule has 2 nitrogen and oxygen atoms in total. The first-order valence-electron chi connectivity index (χ1n) is 6.32. The van der Waals surface area contributed by atoms with Crippen molar-refractivity contribution in [2.75, 3.05) is 5.75 Å². The number of ketones is 1. The predicted octanol–water partition coefficient (Wildman–Crippen LogP) is 3.57. The summed E-state index contributed by atoms with van der Waals surface area (Å²) in [6, 6.07) is 7.97. The SMILES string of the molecule is Cc1ccc(C(=O)CS(=O)c2ccc(F)cc2F)cc1C. The van der Waals surface area contributed by atoms with Crippen LogP contribution in [-0.4, -0.2) is 15.7 Å². The van der Waals surface area contributed by atoms with Crippen molar-refractivity contribution in [3.63, 3.8) is 0 Å². The second-order valence-electron chi connectivity index (χ2n) is 4.79. The van der Waals surface area contributed by atoms with Crippen molar-refractivity contribution in [3.8, 4) is 0 Å². The van der Waals surface area contributed by atoms with E-state index < -0.39 is 22.4 Å². The topological polar surface area (TPSA) is 34.1 Å². The van der Waals surface area contributed by atoms with E-state index in [1.807, 2.05) is 19.9 Å². The van der Waals surface area contributed by atoms with Crippen LogP contribution in [0.4, 0.5) is 8.78 Å².